The van der Waals surface area contributed by atoms with Crippen LogP contribution in [0.5, 0.6) is 0 Å². The van der Waals surface area contributed by atoms with Gasteiger partial charge < -0.3 is 5.73 Å². The number of nitrogens with zero attached hydrogens (tertiary/aromatic N) is 4. The summed E-state index contributed by atoms with van der Waals surface area (Å²) >= 11 is 6.16. The summed E-state index contributed by atoms with van der Waals surface area (Å²) in [7, 11) is 0. The van der Waals surface area contributed by atoms with Crippen LogP contribution in [0.25, 0.3) is 16.6 Å². The Kier molecular flexibility index (Phi) is 6.45. The van der Waals surface area contributed by atoms with Crippen molar-refractivity contribution in [3.63, 3.8) is 0 Å². The minimum atomic E-state index is -0.122. The Balaban J connectivity index is 0.000000216. The molecule has 0 spiro atoms. The highest BCUT2D eigenvalue weighted by atomic mass is 35.5. The van der Waals surface area contributed by atoms with Crippen LogP contribution < -0.4 is 11.3 Å². The fourth-order valence-electron chi connectivity index (χ4n) is 2.99. The molecule has 2 aromatic carbocycles. The summed E-state index contributed by atoms with van der Waals surface area (Å²) in [4.78, 5) is 21.2. The van der Waals surface area contributed by atoms with Crippen LogP contribution in [0.1, 0.15) is 24.0 Å². The van der Waals surface area contributed by atoms with Crippen LogP contribution in [0.4, 0.5) is 5.69 Å². The first kappa shape index (κ1) is 21.0. The van der Waals surface area contributed by atoms with Gasteiger partial charge in [0.15, 0.2) is 0 Å². The Hall–Kier alpha value is -3.69. The zero-order chi connectivity index (χ0) is 21.7. The predicted molar refractivity (Wildman–Crippen MR) is 120 cm³/mol. The highest BCUT2D eigenvalue weighted by Crippen LogP contribution is 2.20. The standard InChI is InChI=1S/C16H13ClN2O.C7H7N3/c1-2-14-18-13-10-6-9-12(17)15(13)16(20)19(14)11-7-4-3-5-8-11;1-5-2-7(9)6(3-8)4-10-5/h3-10H,2H2,1H3;2,4H,1H3,(H2,9,10). The third-order valence-electron chi connectivity index (χ3n) is 4.44. The van der Waals surface area contributed by atoms with E-state index in [9.17, 15) is 4.79 Å². The summed E-state index contributed by atoms with van der Waals surface area (Å²) in [5.41, 5.74) is 8.56. The molecule has 0 radical (unpaired) electrons. The van der Waals surface area contributed by atoms with Crippen LogP contribution in [-0.2, 0) is 6.42 Å². The number of aromatic nitrogens is 3. The van der Waals surface area contributed by atoms with E-state index in [2.05, 4.69) is 9.97 Å². The number of anilines is 1. The van der Waals surface area contributed by atoms with Crippen molar-refractivity contribution >= 4 is 28.2 Å². The third kappa shape index (κ3) is 4.32. The maximum atomic E-state index is 12.8. The van der Waals surface area contributed by atoms with Crippen molar-refractivity contribution in [2.24, 2.45) is 0 Å². The van der Waals surface area contributed by atoms with E-state index >= 15 is 0 Å². The van der Waals surface area contributed by atoms with Gasteiger partial charge >= 0.3 is 0 Å². The second-order valence-corrected chi connectivity index (χ2v) is 6.92. The van der Waals surface area contributed by atoms with E-state index in [0.29, 0.717) is 33.6 Å². The number of nitrogen functional groups attached to an aromatic ring is 1. The largest absolute Gasteiger partial charge is 0.398 e. The van der Waals surface area contributed by atoms with Crippen LogP contribution in [-0.4, -0.2) is 14.5 Å². The van der Waals surface area contributed by atoms with Gasteiger partial charge in [-0.3, -0.25) is 14.3 Å². The van der Waals surface area contributed by atoms with Crippen molar-refractivity contribution in [3.05, 3.63) is 93.3 Å². The van der Waals surface area contributed by atoms with Crippen molar-refractivity contribution in [2.75, 3.05) is 5.73 Å². The highest BCUT2D eigenvalue weighted by Gasteiger charge is 2.13. The smallest absolute Gasteiger partial charge is 0.267 e. The lowest BCUT2D eigenvalue weighted by molar-refractivity contribution is 0.833. The summed E-state index contributed by atoms with van der Waals surface area (Å²) in [6, 6.07) is 18.5. The maximum absolute atomic E-state index is 12.8. The fourth-order valence-corrected chi connectivity index (χ4v) is 3.24. The van der Waals surface area contributed by atoms with Gasteiger partial charge in [-0.2, -0.15) is 5.26 Å². The SMILES string of the molecule is CCc1nc2cccc(Cl)c2c(=O)n1-c1ccccc1.Cc1cc(N)c(C#N)cn1. The summed E-state index contributed by atoms with van der Waals surface area (Å²) < 4.78 is 1.63. The Bertz CT molecular complexity index is 1290. The van der Waals surface area contributed by atoms with E-state index in [4.69, 9.17) is 22.6 Å². The molecule has 2 heterocycles. The molecule has 0 saturated carbocycles. The van der Waals surface area contributed by atoms with Crippen molar-refractivity contribution in [3.8, 4) is 11.8 Å². The van der Waals surface area contributed by atoms with Crippen LogP contribution in [0, 0.1) is 18.3 Å². The number of rotatable bonds is 2. The molecule has 0 bridgehead atoms. The van der Waals surface area contributed by atoms with E-state index in [1.165, 1.54) is 6.20 Å². The van der Waals surface area contributed by atoms with Gasteiger partial charge in [0, 0.05) is 18.3 Å². The zero-order valence-corrected chi connectivity index (χ0v) is 17.4. The molecule has 0 aliphatic heterocycles. The number of hydrogen-bond donors (Lipinski definition) is 1. The van der Waals surface area contributed by atoms with Crippen molar-refractivity contribution < 1.29 is 0 Å². The Morgan fingerprint density at radius 2 is 1.90 bits per heavy atom. The number of nitriles is 1. The molecule has 0 aliphatic carbocycles. The molecular formula is C23H20ClN5O. The van der Waals surface area contributed by atoms with Gasteiger partial charge in [-0.15, -0.1) is 0 Å². The average molecular weight is 418 g/mol. The van der Waals surface area contributed by atoms with Gasteiger partial charge in [0.2, 0.25) is 0 Å². The predicted octanol–water partition coefficient (Wildman–Crippen LogP) is 4.45. The molecule has 7 heteroatoms. The lowest BCUT2D eigenvalue weighted by atomic mass is 10.2. The van der Waals surface area contributed by atoms with E-state index < -0.39 is 0 Å². The molecule has 6 nitrogen and oxygen atoms in total. The number of aryl methyl sites for hydroxylation is 2. The van der Waals surface area contributed by atoms with Crippen LogP contribution in [0.15, 0.2) is 65.6 Å². The quantitative estimate of drug-likeness (QED) is 0.519. The lowest BCUT2D eigenvalue weighted by Gasteiger charge is -2.12. The molecule has 0 unspecified atom stereocenters. The molecule has 0 saturated heterocycles. The first-order chi connectivity index (χ1) is 14.5. The van der Waals surface area contributed by atoms with Crippen LogP contribution in [0.2, 0.25) is 5.02 Å². The van der Waals surface area contributed by atoms with E-state index in [1.54, 1.807) is 16.7 Å². The maximum Gasteiger partial charge on any atom is 0.267 e. The molecule has 2 aromatic heterocycles. The second kappa shape index (κ2) is 9.21. The molecule has 4 rings (SSSR count). The number of pyridine rings is 1. The topological polar surface area (TPSA) is 97.6 Å². The minimum absolute atomic E-state index is 0.122. The van der Waals surface area contributed by atoms with Gasteiger partial charge in [-0.25, -0.2) is 4.98 Å². The van der Waals surface area contributed by atoms with E-state index in [0.717, 1.165) is 17.2 Å². The van der Waals surface area contributed by atoms with Crippen LogP contribution in [0.3, 0.4) is 0 Å². The third-order valence-corrected chi connectivity index (χ3v) is 4.75. The van der Waals surface area contributed by atoms with Crippen molar-refractivity contribution in [1.82, 2.24) is 14.5 Å². The first-order valence-electron chi connectivity index (χ1n) is 9.34. The second-order valence-electron chi connectivity index (χ2n) is 6.52. The molecule has 150 valence electrons. The molecule has 2 N–H and O–H groups in total. The summed E-state index contributed by atoms with van der Waals surface area (Å²) in [6.07, 6.45) is 2.15. The van der Waals surface area contributed by atoms with Gasteiger partial charge in [0.05, 0.1) is 32.9 Å². The molecule has 0 aliphatic rings. The fraction of sp³-hybridized carbons (Fsp3) is 0.130. The number of para-hydroxylation sites is 1. The van der Waals surface area contributed by atoms with E-state index in [-0.39, 0.29) is 5.56 Å². The molecule has 0 atom stereocenters. The molecule has 30 heavy (non-hydrogen) atoms. The zero-order valence-electron chi connectivity index (χ0n) is 16.6. The van der Waals surface area contributed by atoms with Gasteiger partial charge in [0.25, 0.3) is 5.56 Å². The first-order valence-corrected chi connectivity index (χ1v) is 9.71. The average Bonchev–Trinajstić information content (AvgIpc) is 2.74. The monoisotopic (exact) mass is 417 g/mol. The molecular weight excluding hydrogens is 398 g/mol. The molecule has 0 amide bonds. The Morgan fingerprint density at radius 3 is 2.53 bits per heavy atom. The highest BCUT2D eigenvalue weighted by molar-refractivity contribution is 6.35. The van der Waals surface area contributed by atoms with E-state index in [1.807, 2.05) is 62.4 Å². The number of fused-ring (bicyclic) bond motifs is 1. The lowest BCUT2D eigenvalue weighted by Crippen LogP contribution is -2.23. The molecule has 4 aromatic rings. The summed E-state index contributed by atoms with van der Waals surface area (Å²) in [5, 5.41) is 9.34. The van der Waals surface area contributed by atoms with Crippen molar-refractivity contribution in [2.45, 2.75) is 20.3 Å². The minimum Gasteiger partial charge on any atom is -0.398 e. The van der Waals surface area contributed by atoms with Gasteiger partial charge in [-0.05, 0) is 37.3 Å². The summed E-state index contributed by atoms with van der Waals surface area (Å²) in [5.74, 6) is 0.732. The van der Waals surface area contributed by atoms with Gasteiger partial charge in [-0.1, -0.05) is 42.8 Å². The normalized spacial score (nSPS) is 10.2. The number of benzene rings is 2. The van der Waals surface area contributed by atoms with Crippen molar-refractivity contribution in [1.29, 1.82) is 5.26 Å². The number of nitrogens with two attached hydrogens (primary N) is 1. The van der Waals surface area contributed by atoms with Gasteiger partial charge in [0.1, 0.15) is 11.9 Å². The summed E-state index contributed by atoms with van der Waals surface area (Å²) in [6.45, 7) is 3.81. The number of halogens is 1. The Labute approximate surface area is 179 Å². The molecule has 0 fully saturated rings. The van der Waals surface area contributed by atoms with Crippen LogP contribution >= 0.6 is 11.6 Å². The Morgan fingerprint density at radius 1 is 1.17 bits per heavy atom. The number of hydrogen-bond acceptors (Lipinski definition) is 5.